The van der Waals surface area contributed by atoms with Gasteiger partial charge >= 0.3 is 5.69 Å². The van der Waals surface area contributed by atoms with Crippen molar-refractivity contribution in [1.82, 2.24) is 9.97 Å². The monoisotopic (exact) mass is 304 g/mol. The van der Waals surface area contributed by atoms with E-state index >= 15 is 0 Å². The van der Waals surface area contributed by atoms with Crippen LogP contribution in [-0.4, -0.2) is 35.2 Å². The number of ether oxygens (including phenoxy) is 2. The second-order valence-corrected chi connectivity index (χ2v) is 4.31. The molecule has 0 aliphatic rings. The Bertz CT molecular complexity index is 621. The number of benzene rings is 1. The average molecular weight is 304 g/mol. The Kier molecular flexibility index (Phi) is 5.61. The molecule has 1 aromatic carbocycles. The molecular formula is C14H16N4O4. The molecule has 0 spiro atoms. The predicted molar refractivity (Wildman–Crippen MR) is 79.8 cm³/mol. The quantitative estimate of drug-likeness (QED) is 0.452. The SMILES string of the molecule is COCCOc1ncnc(NCc2ccccc2)c1[N+](=O)[O-]. The van der Waals surface area contributed by atoms with E-state index in [1.807, 2.05) is 30.3 Å². The van der Waals surface area contributed by atoms with Crippen molar-refractivity contribution < 1.29 is 14.4 Å². The molecule has 0 amide bonds. The number of nitrogens with one attached hydrogen (secondary N) is 1. The van der Waals surface area contributed by atoms with Crippen molar-refractivity contribution in [2.45, 2.75) is 6.54 Å². The van der Waals surface area contributed by atoms with Gasteiger partial charge in [-0.25, -0.2) is 4.98 Å². The average Bonchev–Trinajstić information content (AvgIpc) is 2.54. The maximum absolute atomic E-state index is 11.3. The van der Waals surface area contributed by atoms with Gasteiger partial charge in [-0.2, -0.15) is 4.98 Å². The summed E-state index contributed by atoms with van der Waals surface area (Å²) < 4.78 is 10.1. The molecule has 1 aromatic heterocycles. The van der Waals surface area contributed by atoms with Crippen molar-refractivity contribution in [3.8, 4) is 5.88 Å². The standard InChI is InChI=1S/C14H16N4O4/c1-21-7-8-22-14-12(18(19)20)13(16-10-17-14)15-9-11-5-3-2-4-6-11/h2-6,10H,7-9H2,1H3,(H,15,16,17). The second-order valence-electron chi connectivity index (χ2n) is 4.31. The maximum Gasteiger partial charge on any atom is 0.372 e. The van der Waals surface area contributed by atoms with Crippen LogP contribution in [0.3, 0.4) is 0 Å². The molecule has 8 nitrogen and oxygen atoms in total. The summed E-state index contributed by atoms with van der Waals surface area (Å²) in [4.78, 5) is 18.4. The van der Waals surface area contributed by atoms with Crippen LogP contribution in [0, 0.1) is 10.1 Å². The van der Waals surface area contributed by atoms with Gasteiger partial charge < -0.3 is 14.8 Å². The topological polar surface area (TPSA) is 99.4 Å². The fourth-order valence-electron chi connectivity index (χ4n) is 1.77. The zero-order valence-electron chi connectivity index (χ0n) is 12.1. The van der Waals surface area contributed by atoms with E-state index in [0.29, 0.717) is 13.2 Å². The summed E-state index contributed by atoms with van der Waals surface area (Å²) in [5.74, 6) is 0.0453. The van der Waals surface area contributed by atoms with Gasteiger partial charge in [0.15, 0.2) is 0 Å². The highest BCUT2D eigenvalue weighted by Crippen LogP contribution is 2.30. The van der Waals surface area contributed by atoms with Crippen molar-refractivity contribution in [1.29, 1.82) is 0 Å². The van der Waals surface area contributed by atoms with Crippen LogP contribution in [0.5, 0.6) is 5.88 Å². The lowest BCUT2D eigenvalue weighted by atomic mass is 10.2. The molecule has 2 rings (SSSR count). The Labute approximate surface area is 127 Å². The number of nitro groups is 1. The molecule has 1 heterocycles. The predicted octanol–water partition coefficient (Wildman–Crippen LogP) is 2.02. The number of hydrogen-bond acceptors (Lipinski definition) is 7. The fourth-order valence-corrected chi connectivity index (χ4v) is 1.77. The highest BCUT2D eigenvalue weighted by atomic mass is 16.6. The van der Waals surface area contributed by atoms with E-state index in [4.69, 9.17) is 9.47 Å². The summed E-state index contributed by atoms with van der Waals surface area (Å²) in [5, 5.41) is 14.2. The molecule has 0 bridgehead atoms. The van der Waals surface area contributed by atoms with Crippen molar-refractivity contribution in [2.75, 3.05) is 25.6 Å². The van der Waals surface area contributed by atoms with E-state index in [9.17, 15) is 10.1 Å². The zero-order valence-corrected chi connectivity index (χ0v) is 12.1. The zero-order chi connectivity index (χ0) is 15.8. The van der Waals surface area contributed by atoms with Crippen LogP contribution in [0.2, 0.25) is 0 Å². The van der Waals surface area contributed by atoms with E-state index in [1.165, 1.54) is 13.4 Å². The molecule has 0 unspecified atom stereocenters. The lowest BCUT2D eigenvalue weighted by Gasteiger charge is -2.09. The van der Waals surface area contributed by atoms with Crippen molar-refractivity contribution in [2.24, 2.45) is 0 Å². The van der Waals surface area contributed by atoms with Crippen LogP contribution >= 0.6 is 0 Å². The Morgan fingerprint density at radius 3 is 2.68 bits per heavy atom. The first-order chi connectivity index (χ1) is 10.7. The Hall–Kier alpha value is -2.74. The van der Waals surface area contributed by atoms with Gasteiger partial charge in [0, 0.05) is 13.7 Å². The van der Waals surface area contributed by atoms with Crippen LogP contribution in [0.15, 0.2) is 36.7 Å². The summed E-state index contributed by atoms with van der Waals surface area (Å²) in [6.45, 7) is 0.899. The van der Waals surface area contributed by atoms with E-state index in [0.717, 1.165) is 5.56 Å². The minimum absolute atomic E-state index is 0.0763. The van der Waals surface area contributed by atoms with Crippen molar-refractivity contribution >= 4 is 11.5 Å². The first kappa shape index (κ1) is 15.6. The molecule has 116 valence electrons. The van der Waals surface area contributed by atoms with Crippen LogP contribution in [-0.2, 0) is 11.3 Å². The van der Waals surface area contributed by atoms with Gasteiger partial charge in [0.25, 0.3) is 5.88 Å². The largest absolute Gasteiger partial charge is 0.470 e. The van der Waals surface area contributed by atoms with Gasteiger partial charge in [-0.15, -0.1) is 0 Å². The third kappa shape index (κ3) is 4.13. The fraction of sp³-hybridized carbons (Fsp3) is 0.286. The molecule has 2 aromatic rings. The lowest BCUT2D eigenvalue weighted by molar-refractivity contribution is -0.385. The maximum atomic E-state index is 11.3. The Balaban J connectivity index is 2.15. The van der Waals surface area contributed by atoms with Gasteiger partial charge in [-0.05, 0) is 5.56 Å². The first-order valence-corrected chi connectivity index (χ1v) is 6.61. The highest BCUT2D eigenvalue weighted by molar-refractivity contribution is 5.61. The summed E-state index contributed by atoms with van der Waals surface area (Å²) in [7, 11) is 1.52. The van der Waals surface area contributed by atoms with Gasteiger partial charge in [-0.3, -0.25) is 10.1 Å². The summed E-state index contributed by atoms with van der Waals surface area (Å²) in [6.07, 6.45) is 1.22. The highest BCUT2D eigenvalue weighted by Gasteiger charge is 2.24. The van der Waals surface area contributed by atoms with E-state index in [1.54, 1.807) is 0 Å². The molecule has 0 fully saturated rings. The Morgan fingerprint density at radius 1 is 1.23 bits per heavy atom. The van der Waals surface area contributed by atoms with Crippen LogP contribution < -0.4 is 10.1 Å². The minimum Gasteiger partial charge on any atom is -0.470 e. The molecule has 0 aliphatic heterocycles. The molecule has 22 heavy (non-hydrogen) atoms. The Morgan fingerprint density at radius 2 is 2.00 bits per heavy atom. The smallest absolute Gasteiger partial charge is 0.372 e. The van der Waals surface area contributed by atoms with Gasteiger partial charge in [-0.1, -0.05) is 30.3 Å². The number of aromatic nitrogens is 2. The number of rotatable bonds is 8. The van der Waals surface area contributed by atoms with Gasteiger partial charge in [0.05, 0.1) is 11.5 Å². The number of methoxy groups -OCH3 is 1. The molecule has 0 aliphatic carbocycles. The van der Waals surface area contributed by atoms with Gasteiger partial charge in [0.1, 0.15) is 12.9 Å². The summed E-state index contributed by atoms with van der Waals surface area (Å²) >= 11 is 0. The molecule has 0 saturated carbocycles. The van der Waals surface area contributed by atoms with E-state index in [2.05, 4.69) is 15.3 Å². The van der Waals surface area contributed by atoms with E-state index < -0.39 is 4.92 Å². The van der Waals surface area contributed by atoms with Crippen LogP contribution in [0.4, 0.5) is 11.5 Å². The number of anilines is 1. The van der Waals surface area contributed by atoms with Crippen LogP contribution in [0.25, 0.3) is 0 Å². The van der Waals surface area contributed by atoms with Crippen molar-refractivity contribution in [3.05, 3.63) is 52.3 Å². The molecule has 1 N–H and O–H groups in total. The summed E-state index contributed by atoms with van der Waals surface area (Å²) in [6, 6.07) is 9.51. The number of nitrogens with zero attached hydrogens (tertiary/aromatic N) is 3. The third-order valence-electron chi connectivity index (χ3n) is 2.80. The van der Waals surface area contributed by atoms with Crippen molar-refractivity contribution in [3.63, 3.8) is 0 Å². The first-order valence-electron chi connectivity index (χ1n) is 6.61. The molecule has 8 heteroatoms. The summed E-state index contributed by atoms with van der Waals surface area (Å²) in [5.41, 5.74) is 0.701. The lowest BCUT2D eigenvalue weighted by Crippen LogP contribution is -2.10. The molecular weight excluding hydrogens is 288 g/mol. The molecule has 0 radical (unpaired) electrons. The normalized spacial score (nSPS) is 10.2. The van der Waals surface area contributed by atoms with Crippen LogP contribution in [0.1, 0.15) is 5.56 Å². The van der Waals surface area contributed by atoms with E-state index in [-0.39, 0.29) is 24.0 Å². The van der Waals surface area contributed by atoms with Gasteiger partial charge in [0.2, 0.25) is 5.82 Å². The molecule has 0 atom stereocenters. The molecule has 0 saturated heterocycles. The second kappa shape index (κ2) is 7.89. The minimum atomic E-state index is -0.560. The third-order valence-corrected chi connectivity index (χ3v) is 2.80. The number of hydrogen-bond donors (Lipinski definition) is 1.